The number of nitrogens with zero attached hydrogens (tertiary/aromatic N) is 1. The average molecular weight is 321 g/mol. The Morgan fingerprint density at radius 3 is 2.55 bits per heavy atom. The molecule has 2 rings (SSSR count). The average Bonchev–Trinajstić information content (AvgIpc) is 2.67. The van der Waals surface area contributed by atoms with Crippen molar-refractivity contribution in [3.8, 4) is 0 Å². The van der Waals surface area contributed by atoms with E-state index in [9.17, 15) is 18.0 Å². The number of benzene rings is 1. The van der Waals surface area contributed by atoms with E-state index in [1.54, 1.807) is 0 Å². The van der Waals surface area contributed by atoms with Crippen LogP contribution in [0.4, 0.5) is 13.2 Å². The van der Waals surface area contributed by atoms with Gasteiger partial charge in [0.1, 0.15) is 4.75 Å². The third kappa shape index (κ3) is 3.06. The standard InChI is InChI=1S/C12H10F3NO2S2/c1-11(2,9(17)18)20-10-16-7-4-3-6(12(13,14)15)5-8(7)19-10/h3-5H,1-2H3,(H,17,18). The minimum Gasteiger partial charge on any atom is -0.480 e. The molecule has 0 unspecified atom stereocenters. The van der Waals surface area contributed by atoms with Gasteiger partial charge >= 0.3 is 12.1 Å². The number of hydrogen-bond donors (Lipinski definition) is 1. The van der Waals surface area contributed by atoms with Gasteiger partial charge in [0.15, 0.2) is 4.34 Å². The summed E-state index contributed by atoms with van der Waals surface area (Å²) < 4.78 is 37.5. The van der Waals surface area contributed by atoms with Crippen molar-refractivity contribution in [2.45, 2.75) is 29.1 Å². The van der Waals surface area contributed by atoms with E-state index >= 15 is 0 Å². The quantitative estimate of drug-likeness (QED) is 0.858. The summed E-state index contributed by atoms with van der Waals surface area (Å²) in [5, 5.41) is 9.04. The summed E-state index contributed by atoms with van der Waals surface area (Å²) in [7, 11) is 0. The summed E-state index contributed by atoms with van der Waals surface area (Å²) in [5.74, 6) is -1.00. The van der Waals surface area contributed by atoms with Crippen LogP contribution < -0.4 is 0 Å². The molecule has 0 saturated carbocycles. The molecule has 20 heavy (non-hydrogen) atoms. The lowest BCUT2D eigenvalue weighted by molar-refractivity contribution is -0.139. The van der Waals surface area contributed by atoms with E-state index in [-0.39, 0.29) is 0 Å². The molecule has 0 fully saturated rings. The summed E-state index contributed by atoms with van der Waals surface area (Å²) in [6, 6.07) is 3.30. The van der Waals surface area contributed by atoms with Gasteiger partial charge in [-0.05, 0) is 32.0 Å². The number of hydrogen-bond acceptors (Lipinski definition) is 4. The molecule has 0 aliphatic rings. The molecule has 8 heteroatoms. The Labute approximate surface area is 120 Å². The van der Waals surface area contributed by atoms with Crippen molar-refractivity contribution < 1.29 is 23.1 Å². The van der Waals surface area contributed by atoms with Crippen molar-refractivity contribution in [2.75, 3.05) is 0 Å². The maximum Gasteiger partial charge on any atom is 0.416 e. The van der Waals surface area contributed by atoms with Gasteiger partial charge in [0.25, 0.3) is 0 Å². The molecule has 0 saturated heterocycles. The first-order chi connectivity index (χ1) is 9.09. The molecule has 0 atom stereocenters. The van der Waals surface area contributed by atoms with E-state index in [0.29, 0.717) is 14.6 Å². The Balaban J connectivity index is 2.37. The van der Waals surface area contributed by atoms with E-state index in [1.807, 2.05) is 0 Å². The fourth-order valence-corrected chi connectivity index (χ4v) is 3.85. The molecule has 1 heterocycles. The van der Waals surface area contributed by atoms with Crippen molar-refractivity contribution in [1.29, 1.82) is 0 Å². The third-order valence-electron chi connectivity index (χ3n) is 2.55. The predicted molar refractivity (Wildman–Crippen MR) is 72.2 cm³/mol. The highest BCUT2D eigenvalue weighted by Crippen LogP contribution is 2.39. The first-order valence-corrected chi connectivity index (χ1v) is 7.13. The first-order valence-electron chi connectivity index (χ1n) is 5.50. The summed E-state index contributed by atoms with van der Waals surface area (Å²) in [6.45, 7) is 3.04. The number of aromatic nitrogens is 1. The van der Waals surface area contributed by atoms with Gasteiger partial charge in [0.2, 0.25) is 0 Å². The van der Waals surface area contributed by atoms with Crippen LogP contribution in [0.2, 0.25) is 0 Å². The smallest absolute Gasteiger partial charge is 0.416 e. The molecule has 0 spiro atoms. The van der Waals surface area contributed by atoms with Crippen LogP contribution in [0.3, 0.4) is 0 Å². The Bertz CT molecular complexity index is 664. The number of fused-ring (bicyclic) bond motifs is 1. The lowest BCUT2D eigenvalue weighted by Crippen LogP contribution is -2.26. The molecule has 1 N–H and O–H groups in total. The van der Waals surface area contributed by atoms with Crippen molar-refractivity contribution in [2.24, 2.45) is 0 Å². The van der Waals surface area contributed by atoms with Crippen LogP contribution in [-0.2, 0) is 11.0 Å². The van der Waals surface area contributed by atoms with Crippen LogP contribution >= 0.6 is 23.1 Å². The number of thioether (sulfide) groups is 1. The second kappa shape index (κ2) is 4.92. The van der Waals surface area contributed by atoms with Crippen molar-refractivity contribution in [1.82, 2.24) is 4.98 Å². The van der Waals surface area contributed by atoms with Gasteiger partial charge in [-0.25, -0.2) is 4.98 Å². The normalized spacial score (nSPS) is 12.8. The third-order valence-corrected chi connectivity index (χ3v) is 4.82. The minimum absolute atomic E-state index is 0.392. The van der Waals surface area contributed by atoms with E-state index in [2.05, 4.69) is 4.98 Å². The van der Waals surface area contributed by atoms with Gasteiger partial charge in [0, 0.05) is 0 Å². The Hall–Kier alpha value is -1.28. The molecule has 0 radical (unpaired) electrons. The lowest BCUT2D eigenvalue weighted by atomic mass is 10.2. The zero-order valence-electron chi connectivity index (χ0n) is 10.5. The van der Waals surface area contributed by atoms with E-state index in [1.165, 1.54) is 19.9 Å². The number of carboxylic acid groups (broad SMARTS) is 1. The van der Waals surface area contributed by atoms with Crippen LogP contribution in [0, 0.1) is 0 Å². The zero-order chi connectivity index (χ0) is 15.1. The Morgan fingerprint density at radius 2 is 2.00 bits per heavy atom. The first kappa shape index (κ1) is 15.1. The zero-order valence-corrected chi connectivity index (χ0v) is 12.1. The van der Waals surface area contributed by atoms with Gasteiger partial charge in [-0.2, -0.15) is 13.2 Å². The molecule has 0 aliphatic carbocycles. The largest absolute Gasteiger partial charge is 0.480 e. The van der Waals surface area contributed by atoms with Crippen molar-refractivity contribution in [3.05, 3.63) is 23.8 Å². The maximum atomic E-state index is 12.6. The van der Waals surface area contributed by atoms with Gasteiger partial charge in [-0.1, -0.05) is 11.8 Å². The predicted octanol–water partition coefficient (Wildman–Crippen LogP) is 4.27. The topological polar surface area (TPSA) is 50.2 Å². The van der Waals surface area contributed by atoms with Crippen LogP contribution in [0.15, 0.2) is 22.5 Å². The number of alkyl halides is 3. The monoisotopic (exact) mass is 321 g/mol. The summed E-state index contributed by atoms with van der Waals surface area (Å²) >= 11 is 2.08. The number of halogens is 3. The summed E-state index contributed by atoms with van der Waals surface area (Å²) in [5.41, 5.74) is -0.297. The molecule has 108 valence electrons. The number of carbonyl (C=O) groups is 1. The second-order valence-corrected chi connectivity index (χ2v) is 7.48. The molecule has 0 amide bonds. The highest BCUT2D eigenvalue weighted by atomic mass is 32.2. The molecule has 1 aromatic heterocycles. The molecule has 3 nitrogen and oxygen atoms in total. The van der Waals surface area contributed by atoms with Crippen LogP contribution in [-0.4, -0.2) is 20.8 Å². The molecule has 2 aromatic rings. The molecule has 0 aliphatic heterocycles. The maximum absolute atomic E-state index is 12.6. The summed E-state index contributed by atoms with van der Waals surface area (Å²) in [4.78, 5) is 15.2. The number of rotatable bonds is 3. The fraction of sp³-hybridized carbons (Fsp3) is 0.333. The minimum atomic E-state index is -4.40. The Morgan fingerprint density at radius 1 is 1.35 bits per heavy atom. The van der Waals surface area contributed by atoms with E-state index in [4.69, 9.17) is 5.11 Å². The van der Waals surface area contributed by atoms with Crippen LogP contribution in [0.5, 0.6) is 0 Å². The lowest BCUT2D eigenvalue weighted by Gasteiger charge is -2.15. The van der Waals surface area contributed by atoms with E-state index < -0.39 is 22.5 Å². The van der Waals surface area contributed by atoms with Crippen LogP contribution in [0.25, 0.3) is 10.2 Å². The molecular weight excluding hydrogens is 311 g/mol. The van der Waals surface area contributed by atoms with Crippen molar-refractivity contribution >= 4 is 39.3 Å². The molecule has 1 aromatic carbocycles. The van der Waals surface area contributed by atoms with Gasteiger partial charge in [0.05, 0.1) is 15.8 Å². The summed E-state index contributed by atoms with van der Waals surface area (Å²) in [6.07, 6.45) is -4.40. The Kier molecular flexibility index (Phi) is 3.72. The molecule has 0 bridgehead atoms. The molecular formula is C12H10F3NO2S2. The fourth-order valence-electron chi connectivity index (χ4n) is 1.39. The highest BCUT2D eigenvalue weighted by Gasteiger charge is 2.32. The number of carboxylic acids is 1. The van der Waals surface area contributed by atoms with Gasteiger partial charge in [-0.3, -0.25) is 4.79 Å². The second-order valence-electron chi connectivity index (χ2n) is 4.58. The van der Waals surface area contributed by atoms with E-state index in [0.717, 1.165) is 35.2 Å². The van der Waals surface area contributed by atoms with Gasteiger partial charge < -0.3 is 5.11 Å². The number of thiazole rings is 1. The van der Waals surface area contributed by atoms with Crippen LogP contribution in [0.1, 0.15) is 19.4 Å². The van der Waals surface area contributed by atoms with Crippen molar-refractivity contribution in [3.63, 3.8) is 0 Å². The highest BCUT2D eigenvalue weighted by molar-refractivity contribution is 8.03. The van der Waals surface area contributed by atoms with Gasteiger partial charge in [-0.15, -0.1) is 11.3 Å². The number of aliphatic carboxylic acids is 1. The SMILES string of the molecule is CC(C)(Sc1nc2ccc(C(F)(F)F)cc2s1)C(=O)O.